The summed E-state index contributed by atoms with van der Waals surface area (Å²) in [4.78, 5) is 14.8. The summed E-state index contributed by atoms with van der Waals surface area (Å²) in [7, 11) is -2.13. The molecule has 0 bridgehead atoms. The maximum absolute atomic E-state index is 13.2. The average molecular weight is 480 g/mol. The average Bonchev–Trinajstić information content (AvgIpc) is 3.04. The number of alkyl halides is 3. The lowest BCUT2D eigenvalue weighted by Crippen LogP contribution is -2.51. The van der Waals surface area contributed by atoms with Crippen LogP contribution < -0.4 is 9.64 Å². The fraction of sp³-hybridized carbons (Fsp3) is 0.650. The molecule has 3 rings (SSSR count). The number of carbonyl (C=O) groups is 1. The van der Waals surface area contributed by atoms with Crippen LogP contribution in [-0.4, -0.2) is 75.7 Å². The number of ether oxygens (including phenoxy) is 2. The Kier molecular flexibility index (Phi) is 7.38. The third-order valence-corrected chi connectivity index (χ3v) is 8.24. The van der Waals surface area contributed by atoms with Crippen LogP contribution in [0.2, 0.25) is 0 Å². The zero-order valence-electron chi connectivity index (χ0n) is 18.1. The van der Waals surface area contributed by atoms with E-state index < -0.39 is 22.0 Å². The van der Waals surface area contributed by atoms with Gasteiger partial charge in [0.2, 0.25) is 5.91 Å². The number of carbonyl (C=O) groups excluding carboxylic acids is 1. The Balaban J connectivity index is 1.65. The number of piperidine rings is 1. The summed E-state index contributed by atoms with van der Waals surface area (Å²) in [6.07, 6.45) is -3.40. The van der Waals surface area contributed by atoms with Gasteiger partial charge in [0.1, 0.15) is 5.75 Å². The third kappa shape index (κ3) is 5.19. The van der Waals surface area contributed by atoms with Gasteiger partial charge in [-0.1, -0.05) is 6.92 Å². The number of anilines is 1. The molecule has 2 fully saturated rings. The molecule has 0 N–H and O–H groups in total. The Morgan fingerprint density at radius 1 is 1.09 bits per heavy atom. The summed E-state index contributed by atoms with van der Waals surface area (Å²) in [5.41, 5.74) is -0.162. The van der Waals surface area contributed by atoms with Crippen LogP contribution >= 0.6 is 0 Å². The zero-order chi connectivity index (χ0) is 23.6. The lowest BCUT2D eigenvalue weighted by molar-refractivity contribution is -0.274. The standard InChI is InChI=1S/C20H28F3N3O5S/c1-3-24(14-15-30-2)32(28,29)25-11-8-19(9-12-25)10-13-26(18(19)27)16-4-6-17(7-5-16)31-20(21,22)23/h4-7H,3,8-15H2,1-2H3. The Labute approximate surface area is 186 Å². The smallest absolute Gasteiger partial charge is 0.406 e. The Hall–Kier alpha value is -1.89. The van der Waals surface area contributed by atoms with Crippen LogP contribution in [0, 0.1) is 5.41 Å². The monoisotopic (exact) mass is 479 g/mol. The number of hydrogen-bond acceptors (Lipinski definition) is 5. The number of methoxy groups -OCH3 is 1. The molecule has 1 spiro atoms. The van der Waals surface area contributed by atoms with Crippen LogP contribution in [0.15, 0.2) is 24.3 Å². The lowest BCUT2D eigenvalue weighted by atomic mass is 9.77. The molecule has 0 radical (unpaired) electrons. The first-order valence-electron chi connectivity index (χ1n) is 10.4. The molecule has 180 valence electrons. The maximum Gasteiger partial charge on any atom is 0.573 e. The SMILES string of the molecule is CCN(CCOC)S(=O)(=O)N1CCC2(CCN(c3ccc(OC(F)(F)F)cc3)C2=O)CC1. The summed E-state index contributed by atoms with van der Waals surface area (Å²) in [6.45, 7) is 3.56. The van der Waals surface area contributed by atoms with E-state index >= 15 is 0 Å². The molecule has 1 aromatic carbocycles. The Morgan fingerprint density at radius 3 is 2.22 bits per heavy atom. The highest BCUT2D eigenvalue weighted by Gasteiger charge is 2.50. The van der Waals surface area contributed by atoms with Gasteiger partial charge in [-0.3, -0.25) is 4.79 Å². The second kappa shape index (κ2) is 9.54. The zero-order valence-corrected chi connectivity index (χ0v) is 18.9. The van der Waals surface area contributed by atoms with Crippen LogP contribution in [0.1, 0.15) is 26.2 Å². The molecule has 8 nitrogen and oxygen atoms in total. The van der Waals surface area contributed by atoms with Gasteiger partial charge >= 0.3 is 6.36 Å². The number of benzene rings is 1. The Bertz CT molecular complexity index is 900. The maximum atomic E-state index is 13.2. The van der Waals surface area contributed by atoms with Crippen molar-refractivity contribution in [3.63, 3.8) is 0 Å². The summed E-state index contributed by atoms with van der Waals surface area (Å²) in [6, 6.07) is 5.20. The summed E-state index contributed by atoms with van der Waals surface area (Å²) in [5.74, 6) is -0.471. The van der Waals surface area contributed by atoms with Crippen molar-refractivity contribution in [3.05, 3.63) is 24.3 Å². The largest absolute Gasteiger partial charge is 0.573 e. The van der Waals surface area contributed by atoms with E-state index in [4.69, 9.17) is 4.74 Å². The summed E-state index contributed by atoms with van der Waals surface area (Å²) in [5, 5.41) is 0. The minimum absolute atomic E-state index is 0.120. The molecule has 0 aliphatic carbocycles. The van der Waals surface area contributed by atoms with Crippen molar-refractivity contribution in [2.24, 2.45) is 5.41 Å². The van der Waals surface area contributed by atoms with E-state index in [1.165, 1.54) is 40.0 Å². The Morgan fingerprint density at radius 2 is 1.69 bits per heavy atom. The quantitative estimate of drug-likeness (QED) is 0.573. The van der Waals surface area contributed by atoms with Crippen LogP contribution in [0.25, 0.3) is 0 Å². The number of rotatable bonds is 8. The fourth-order valence-electron chi connectivity index (χ4n) is 4.30. The predicted molar refractivity (Wildman–Crippen MR) is 111 cm³/mol. The highest BCUT2D eigenvalue weighted by molar-refractivity contribution is 7.86. The van der Waals surface area contributed by atoms with Crippen LogP contribution in [0.5, 0.6) is 5.75 Å². The van der Waals surface area contributed by atoms with Crippen molar-refractivity contribution >= 4 is 21.8 Å². The third-order valence-electron chi connectivity index (χ3n) is 6.12. The van der Waals surface area contributed by atoms with Gasteiger partial charge in [-0.2, -0.15) is 17.0 Å². The van der Waals surface area contributed by atoms with Gasteiger partial charge < -0.3 is 14.4 Å². The minimum Gasteiger partial charge on any atom is -0.406 e. The molecule has 32 heavy (non-hydrogen) atoms. The first kappa shape index (κ1) is 24.7. The molecule has 2 aliphatic heterocycles. The van der Waals surface area contributed by atoms with E-state index in [2.05, 4.69) is 4.74 Å². The van der Waals surface area contributed by atoms with Crippen molar-refractivity contribution in [1.82, 2.24) is 8.61 Å². The molecule has 1 aromatic rings. The molecule has 2 heterocycles. The predicted octanol–water partition coefficient (Wildman–Crippen LogP) is 2.62. The van der Waals surface area contributed by atoms with Gasteiger partial charge in [0.15, 0.2) is 0 Å². The van der Waals surface area contributed by atoms with Crippen LogP contribution in [0.3, 0.4) is 0 Å². The van der Waals surface area contributed by atoms with Gasteiger partial charge in [0.25, 0.3) is 10.2 Å². The molecule has 2 aliphatic rings. The van der Waals surface area contributed by atoms with E-state index in [0.717, 1.165) is 0 Å². The van der Waals surface area contributed by atoms with E-state index in [0.29, 0.717) is 44.6 Å². The number of likely N-dealkylation sites (N-methyl/N-ethyl adjacent to an activating group) is 1. The van der Waals surface area contributed by atoms with Crippen molar-refractivity contribution < 1.29 is 35.9 Å². The van der Waals surface area contributed by atoms with Crippen LogP contribution in [-0.2, 0) is 19.7 Å². The van der Waals surface area contributed by atoms with Crippen molar-refractivity contribution in [3.8, 4) is 5.75 Å². The fourth-order valence-corrected chi connectivity index (χ4v) is 5.90. The number of halogens is 3. The number of nitrogens with zero attached hydrogens (tertiary/aromatic N) is 3. The molecule has 12 heteroatoms. The molecular weight excluding hydrogens is 451 g/mol. The van der Waals surface area contributed by atoms with Gasteiger partial charge in [0.05, 0.1) is 12.0 Å². The minimum atomic E-state index is -4.78. The second-order valence-corrected chi connectivity index (χ2v) is 9.85. The van der Waals surface area contributed by atoms with E-state index in [1.807, 2.05) is 0 Å². The van der Waals surface area contributed by atoms with Crippen LogP contribution in [0.4, 0.5) is 18.9 Å². The number of amides is 1. The van der Waals surface area contributed by atoms with E-state index in [9.17, 15) is 26.4 Å². The van der Waals surface area contributed by atoms with Gasteiger partial charge in [-0.25, -0.2) is 0 Å². The topological polar surface area (TPSA) is 79.4 Å². The molecule has 0 saturated carbocycles. The van der Waals surface area contributed by atoms with Crippen molar-refractivity contribution in [2.45, 2.75) is 32.5 Å². The molecule has 1 amide bonds. The normalized spacial score (nSPS) is 19.8. The van der Waals surface area contributed by atoms with Gasteiger partial charge in [-0.05, 0) is 43.5 Å². The first-order chi connectivity index (χ1) is 15.0. The molecule has 0 atom stereocenters. The first-order valence-corrected chi connectivity index (χ1v) is 11.8. The molecule has 2 saturated heterocycles. The highest BCUT2D eigenvalue weighted by atomic mass is 32.2. The molecular formula is C20H28F3N3O5S. The number of hydrogen-bond donors (Lipinski definition) is 0. The highest BCUT2D eigenvalue weighted by Crippen LogP contribution is 2.44. The van der Waals surface area contributed by atoms with Crippen molar-refractivity contribution in [2.75, 3.05) is 51.3 Å². The molecule has 0 aromatic heterocycles. The van der Waals surface area contributed by atoms with Gasteiger partial charge in [-0.15, -0.1) is 13.2 Å². The van der Waals surface area contributed by atoms with E-state index in [-0.39, 0.29) is 31.3 Å². The summed E-state index contributed by atoms with van der Waals surface area (Å²) >= 11 is 0. The summed E-state index contributed by atoms with van der Waals surface area (Å²) < 4.78 is 74.6. The van der Waals surface area contributed by atoms with Gasteiger partial charge in [0, 0.05) is 45.5 Å². The second-order valence-electron chi connectivity index (χ2n) is 7.92. The van der Waals surface area contributed by atoms with E-state index in [1.54, 1.807) is 11.8 Å². The molecule has 0 unspecified atom stereocenters. The lowest BCUT2D eigenvalue weighted by Gasteiger charge is -2.39. The van der Waals surface area contributed by atoms with Crippen molar-refractivity contribution in [1.29, 1.82) is 0 Å².